The second kappa shape index (κ2) is 9.82. The van der Waals surface area contributed by atoms with E-state index in [-0.39, 0.29) is 27.0 Å². The molecule has 0 unspecified atom stereocenters. The van der Waals surface area contributed by atoms with Crippen LogP contribution in [0.3, 0.4) is 0 Å². The number of benzene rings is 3. The molecule has 0 fully saturated rings. The van der Waals surface area contributed by atoms with Crippen molar-refractivity contribution in [1.29, 1.82) is 0 Å². The van der Waals surface area contributed by atoms with Crippen molar-refractivity contribution in [1.82, 2.24) is 4.83 Å². The fraction of sp³-hybridized carbons (Fsp3) is 0.0476. The van der Waals surface area contributed by atoms with Gasteiger partial charge in [-0.3, -0.25) is 0 Å². The predicted molar refractivity (Wildman–Crippen MR) is 119 cm³/mol. The molecule has 3 aromatic rings. The van der Waals surface area contributed by atoms with E-state index in [9.17, 15) is 13.2 Å². The maximum Gasteiger partial charge on any atom is 0.345 e. The predicted octanol–water partition coefficient (Wildman–Crippen LogP) is 4.53. The Balaban J connectivity index is 1.73. The van der Waals surface area contributed by atoms with Gasteiger partial charge in [0.05, 0.1) is 28.8 Å². The molecule has 31 heavy (non-hydrogen) atoms. The molecule has 0 atom stereocenters. The third-order valence-corrected chi connectivity index (χ3v) is 5.81. The van der Waals surface area contributed by atoms with Crippen LogP contribution in [-0.4, -0.2) is 27.7 Å². The van der Waals surface area contributed by atoms with Gasteiger partial charge in [-0.25, -0.2) is 9.63 Å². The SMILES string of the molecule is COc1cc(/C=N\NS(=O)(=O)c2ccc(Cl)cc2)ccc1OC(=O)c1ccccc1Cl. The summed E-state index contributed by atoms with van der Waals surface area (Å²) in [5.74, 6) is -0.211. The summed E-state index contributed by atoms with van der Waals surface area (Å²) in [4.78, 5) is 14.5. The molecule has 3 rings (SSSR count). The number of hydrogen-bond acceptors (Lipinski definition) is 6. The molecule has 0 heterocycles. The molecular formula is C21H16Cl2N2O5S. The van der Waals surface area contributed by atoms with Crippen molar-refractivity contribution in [2.45, 2.75) is 4.90 Å². The molecule has 3 aromatic carbocycles. The van der Waals surface area contributed by atoms with Gasteiger partial charge in [-0.2, -0.15) is 13.5 Å². The van der Waals surface area contributed by atoms with Gasteiger partial charge < -0.3 is 9.47 Å². The van der Waals surface area contributed by atoms with E-state index >= 15 is 0 Å². The number of hydrazone groups is 1. The minimum Gasteiger partial charge on any atom is -0.493 e. The highest BCUT2D eigenvalue weighted by Gasteiger charge is 2.16. The molecule has 160 valence electrons. The number of nitrogens with zero attached hydrogens (tertiary/aromatic N) is 1. The van der Waals surface area contributed by atoms with Gasteiger partial charge in [0.2, 0.25) is 0 Å². The Labute approximate surface area is 189 Å². The lowest BCUT2D eigenvalue weighted by molar-refractivity contribution is 0.0730. The number of ether oxygens (including phenoxy) is 2. The number of carbonyl (C=O) groups excluding carboxylic acids is 1. The molecule has 0 spiro atoms. The molecule has 0 radical (unpaired) electrons. The van der Waals surface area contributed by atoms with Gasteiger partial charge in [0.25, 0.3) is 10.0 Å². The van der Waals surface area contributed by atoms with Crippen molar-refractivity contribution in [2.75, 3.05) is 7.11 Å². The van der Waals surface area contributed by atoms with Crippen LogP contribution in [0.1, 0.15) is 15.9 Å². The molecule has 0 aliphatic rings. The highest BCUT2D eigenvalue weighted by atomic mass is 35.5. The van der Waals surface area contributed by atoms with E-state index in [4.69, 9.17) is 32.7 Å². The Morgan fingerprint density at radius 2 is 1.71 bits per heavy atom. The summed E-state index contributed by atoms with van der Waals surface area (Å²) in [6.45, 7) is 0. The number of carbonyl (C=O) groups is 1. The molecule has 0 aliphatic heterocycles. The zero-order valence-electron chi connectivity index (χ0n) is 16.1. The number of methoxy groups -OCH3 is 1. The highest BCUT2D eigenvalue weighted by molar-refractivity contribution is 7.89. The first kappa shape index (κ1) is 22.6. The average molecular weight is 479 g/mol. The molecule has 0 saturated heterocycles. The van der Waals surface area contributed by atoms with Crippen LogP contribution in [0.25, 0.3) is 0 Å². The number of hydrogen-bond donors (Lipinski definition) is 1. The second-order valence-electron chi connectivity index (χ2n) is 6.09. The van der Waals surface area contributed by atoms with Crippen LogP contribution in [0.4, 0.5) is 0 Å². The van der Waals surface area contributed by atoms with E-state index in [0.717, 1.165) is 0 Å². The largest absolute Gasteiger partial charge is 0.493 e. The van der Waals surface area contributed by atoms with E-state index in [1.165, 1.54) is 49.7 Å². The van der Waals surface area contributed by atoms with Crippen LogP contribution in [0, 0.1) is 0 Å². The number of esters is 1. The minimum atomic E-state index is -3.84. The monoisotopic (exact) mass is 478 g/mol. The van der Waals surface area contributed by atoms with Crippen LogP contribution in [0.5, 0.6) is 11.5 Å². The minimum absolute atomic E-state index is 0.0217. The lowest BCUT2D eigenvalue weighted by atomic mass is 10.2. The number of sulfonamides is 1. The van der Waals surface area contributed by atoms with Crippen molar-refractivity contribution >= 4 is 45.4 Å². The second-order valence-corrected chi connectivity index (χ2v) is 8.59. The summed E-state index contributed by atoms with van der Waals surface area (Å²) in [6, 6.07) is 16.8. The summed E-state index contributed by atoms with van der Waals surface area (Å²) in [7, 11) is -2.43. The van der Waals surface area contributed by atoms with Crippen molar-refractivity contribution in [3.05, 3.63) is 87.9 Å². The maximum absolute atomic E-state index is 12.4. The summed E-state index contributed by atoms with van der Waals surface area (Å²) in [6.07, 6.45) is 1.29. The smallest absolute Gasteiger partial charge is 0.345 e. The van der Waals surface area contributed by atoms with Crippen LogP contribution in [0.15, 0.2) is 76.7 Å². The first-order chi connectivity index (χ1) is 14.8. The Morgan fingerprint density at radius 1 is 1.00 bits per heavy atom. The van der Waals surface area contributed by atoms with Gasteiger partial charge in [0, 0.05) is 5.02 Å². The Morgan fingerprint density at radius 3 is 2.39 bits per heavy atom. The number of halogens is 2. The van der Waals surface area contributed by atoms with E-state index < -0.39 is 16.0 Å². The zero-order valence-corrected chi connectivity index (χ0v) is 18.4. The number of rotatable bonds is 7. The lowest BCUT2D eigenvalue weighted by Gasteiger charge is -2.10. The summed E-state index contributed by atoms with van der Waals surface area (Å²) >= 11 is 11.8. The third-order valence-electron chi connectivity index (χ3n) is 3.99. The first-order valence-electron chi connectivity index (χ1n) is 8.75. The van der Waals surface area contributed by atoms with Crippen LogP contribution in [-0.2, 0) is 10.0 Å². The molecule has 7 nitrogen and oxygen atoms in total. The fourth-order valence-electron chi connectivity index (χ4n) is 2.47. The molecule has 0 aliphatic carbocycles. The third kappa shape index (κ3) is 5.75. The lowest BCUT2D eigenvalue weighted by Crippen LogP contribution is -2.18. The normalized spacial score (nSPS) is 11.3. The van der Waals surface area contributed by atoms with Gasteiger partial charge in [-0.15, -0.1) is 0 Å². The summed E-state index contributed by atoms with van der Waals surface area (Å²) < 4.78 is 35.1. The highest BCUT2D eigenvalue weighted by Crippen LogP contribution is 2.29. The maximum atomic E-state index is 12.4. The molecule has 0 bridgehead atoms. The Kier molecular flexibility index (Phi) is 7.17. The van der Waals surface area contributed by atoms with Crippen LogP contribution in [0.2, 0.25) is 10.0 Å². The van der Waals surface area contributed by atoms with Crippen LogP contribution >= 0.6 is 23.2 Å². The van der Waals surface area contributed by atoms with Crippen molar-refractivity contribution in [2.24, 2.45) is 5.10 Å². The van der Waals surface area contributed by atoms with Crippen molar-refractivity contribution in [3.8, 4) is 11.5 Å². The molecule has 10 heteroatoms. The molecule has 1 N–H and O–H groups in total. The molecular weight excluding hydrogens is 463 g/mol. The zero-order chi connectivity index (χ0) is 22.4. The van der Waals surface area contributed by atoms with Gasteiger partial charge in [0.1, 0.15) is 0 Å². The standard InChI is InChI=1S/C21H16Cl2N2O5S/c1-29-20-12-14(13-24-25-31(27,28)16-9-7-15(22)8-10-16)6-11-19(20)30-21(26)17-4-2-3-5-18(17)23/h2-13,25H,1H3/b24-13-. The Bertz CT molecular complexity index is 1230. The van der Waals surface area contributed by atoms with E-state index in [2.05, 4.69) is 9.93 Å². The number of nitrogens with one attached hydrogen (secondary N) is 1. The van der Waals surface area contributed by atoms with Crippen molar-refractivity contribution in [3.63, 3.8) is 0 Å². The molecule has 0 aromatic heterocycles. The van der Waals surface area contributed by atoms with Gasteiger partial charge >= 0.3 is 5.97 Å². The summed E-state index contributed by atoms with van der Waals surface area (Å²) in [5.41, 5.74) is 0.724. The fourth-order valence-corrected chi connectivity index (χ4v) is 3.60. The quantitative estimate of drug-likeness (QED) is 0.233. The molecule has 0 amide bonds. The Hall–Kier alpha value is -3.07. The molecule has 0 saturated carbocycles. The van der Waals surface area contributed by atoms with Gasteiger partial charge in [0.15, 0.2) is 11.5 Å². The van der Waals surface area contributed by atoms with E-state index in [1.807, 2.05) is 0 Å². The first-order valence-corrected chi connectivity index (χ1v) is 11.0. The van der Waals surface area contributed by atoms with E-state index in [1.54, 1.807) is 30.3 Å². The summed E-state index contributed by atoms with van der Waals surface area (Å²) in [5, 5.41) is 4.45. The van der Waals surface area contributed by atoms with Gasteiger partial charge in [-0.1, -0.05) is 35.3 Å². The van der Waals surface area contributed by atoms with Gasteiger partial charge in [-0.05, 0) is 60.2 Å². The van der Waals surface area contributed by atoms with Crippen molar-refractivity contribution < 1.29 is 22.7 Å². The van der Waals surface area contributed by atoms with E-state index in [0.29, 0.717) is 10.6 Å². The topological polar surface area (TPSA) is 94.1 Å². The van der Waals surface area contributed by atoms with Crippen LogP contribution < -0.4 is 14.3 Å². The average Bonchev–Trinajstić information content (AvgIpc) is 2.75.